The highest BCUT2D eigenvalue weighted by Gasteiger charge is 2.22. The molecule has 0 amide bonds. The molecule has 0 radical (unpaired) electrons. The first-order valence-electron chi connectivity index (χ1n) is 8.82. The van der Waals surface area contributed by atoms with Gasteiger partial charge >= 0.3 is 0 Å². The monoisotopic (exact) mass is 395 g/mol. The van der Waals surface area contributed by atoms with Crippen molar-refractivity contribution >= 4 is 21.7 Å². The van der Waals surface area contributed by atoms with Gasteiger partial charge in [0, 0.05) is 22.1 Å². The first-order valence-corrected chi connectivity index (χ1v) is 9.61. The molecule has 25 heavy (non-hydrogen) atoms. The number of hydrogen-bond acceptors (Lipinski definition) is 2. The molecule has 1 aliphatic heterocycles. The second-order valence-electron chi connectivity index (χ2n) is 6.83. The Bertz CT molecular complexity index is 907. The molecule has 4 rings (SSSR count). The number of benzene rings is 2. The van der Waals surface area contributed by atoms with Gasteiger partial charge in [-0.1, -0.05) is 39.2 Å². The summed E-state index contributed by atoms with van der Waals surface area (Å²) in [6.45, 7) is 5.30. The van der Waals surface area contributed by atoms with E-state index in [4.69, 9.17) is 5.10 Å². The largest absolute Gasteiger partial charge is 0.370 e. The molecule has 2 aromatic carbocycles. The number of nitrogens with one attached hydrogen (secondary N) is 1. The van der Waals surface area contributed by atoms with Gasteiger partial charge in [-0.2, -0.15) is 5.10 Å². The van der Waals surface area contributed by atoms with E-state index < -0.39 is 0 Å². The van der Waals surface area contributed by atoms with E-state index in [1.807, 2.05) is 6.07 Å². The molecule has 2 heterocycles. The zero-order valence-electron chi connectivity index (χ0n) is 14.6. The maximum absolute atomic E-state index is 5.03. The maximum Gasteiger partial charge on any atom is 0.133 e. The number of nitrogens with zero attached hydrogens (tertiary/aromatic N) is 2. The molecule has 0 saturated heterocycles. The highest BCUT2D eigenvalue weighted by Crippen LogP contribution is 2.35. The first kappa shape index (κ1) is 16.4. The Balaban J connectivity index is 1.93. The van der Waals surface area contributed by atoms with Crippen LogP contribution in [0.25, 0.3) is 16.9 Å². The molecule has 3 aromatic rings. The van der Waals surface area contributed by atoms with Crippen LogP contribution in [0.3, 0.4) is 0 Å². The van der Waals surface area contributed by atoms with E-state index in [1.54, 1.807) is 0 Å². The summed E-state index contributed by atoms with van der Waals surface area (Å²) >= 11 is 3.58. The van der Waals surface area contributed by atoms with Crippen molar-refractivity contribution in [3.8, 4) is 16.9 Å². The average molecular weight is 396 g/mol. The van der Waals surface area contributed by atoms with E-state index in [1.165, 1.54) is 35.1 Å². The number of hydrogen-bond donors (Lipinski definition) is 1. The normalized spacial score (nSPS) is 13.9. The number of anilines is 1. The third kappa shape index (κ3) is 3.23. The van der Waals surface area contributed by atoms with Gasteiger partial charge in [0.25, 0.3) is 0 Å². The van der Waals surface area contributed by atoms with Crippen molar-refractivity contribution in [2.75, 3.05) is 11.9 Å². The van der Waals surface area contributed by atoms with Gasteiger partial charge in [0.1, 0.15) is 5.82 Å². The Labute approximate surface area is 157 Å². The molecule has 1 N–H and O–H groups in total. The topological polar surface area (TPSA) is 29.9 Å². The van der Waals surface area contributed by atoms with Crippen LogP contribution in [-0.4, -0.2) is 16.3 Å². The second-order valence-corrected chi connectivity index (χ2v) is 7.74. The summed E-state index contributed by atoms with van der Waals surface area (Å²) in [7, 11) is 0. The quantitative estimate of drug-likeness (QED) is 0.605. The van der Waals surface area contributed by atoms with Crippen LogP contribution in [0.1, 0.15) is 29.5 Å². The number of aryl methyl sites for hydroxylation is 2. The van der Waals surface area contributed by atoms with Crippen LogP contribution in [0.15, 0.2) is 46.9 Å². The molecule has 0 spiro atoms. The van der Waals surface area contributed by atoms with Crippen LogP contribution in [-0.2, 0) is 6.42 Å². The summed E-state index contributed by atoms with van der Waals surface area (Å²) < 4.78 is 3.13. The Kier molecular flexibility index (Phi) is 4.38. The number of fused-ring (bicyclic) bond motifs is 1. The fourth-order valence-corrected chi connectivity index (χ4v) is 4.03. The van der Waals surface area contributed by atoms with E-state index in [0.717, 1.165) is 34.6 Å². The van der Waals surface area contributed by atoms with E-state index in [0.29, 0.717) is 0 Å². The van der Waals surface area contributed by atoms with Crippen molar-refractivity contribution in [3.63, 3.8) is 0 Å². The van der Waals surface area contributed by atoms with Crippen molar-refractivity contribution in [1.29, 1.82) is 0 Å². The number of aromatic nitrogens is 2. The fraction of sp³-hybridized carbons (Fsp3) is 0.286. The van der Waals surface area contributed by atoms with Gasteiger partial charge in [-0.25, -0.2) is 4.68 Å². The van der Waals surface area contributed by atoms with Crippen LogP contribution < -0.4 is 5.32 Å². The maximum atomic E-state index is 5.03. The Morgan fingerprint density at radius 1 is 1.04 bits per heavy atom. The molecule has 1 aromatic heterocycles. The molecule has 0 unspecified atom stereocenters. The third-order valence-electron chi connectivity index (χ3n) is 4.68. The van der Waals surface area contributed by atoms with Gasteiger partial charge in [-0.05, 0) is 63.4 Å². The Morgan fingerprint density at radius 3 is 2.60 bits per heavy atom. The minimum Gasteiger partial charge on any atom is -0.370 e. The lowest BCUT2D eigenvalue weighted by Crippen LogP contribution is -2.07. The summed E-state index contributed by atoms with van der Waals surface area (Å²) in [5, 5.41) is 8.65. The van der Waals surface area contributed by atoms with Crippen LogP contribution in [0.2, 0.25) is 0 Å². The lowest BCUT2D eigenvalue weighted by atomic mass is 10.00. The lowest BCUT2D eigenvalue weighted by Gasteiger charge is -2.09. The molecule has 0 bridgehead atoms. The van der Waals surface area contributed by atoms with Gasteiger partial charge < -0.3 is 5.32 Å². The molecule has 4 heteroatoms. The van der Waals surface area contributed by atoms with Crippen LogP contribution >= 0.6 is 15.9 Å². The first-order chi connectivity index (χ1) is 12.1. The zero-order valence-corrected chi connectivity index (χ0v) is 16.2. The van der Waals surface area contributed by atoms with Gasteiger partial charge in [0.05, 0.1) is 11.4 Å². The smallest absolute Gasteiger partial charge is 0.133 e. The minimum atomic E-state index is 0.999. The third-order valence-corrected chi connectivity index (χ3v) is 5.17. The second kappa shape index (κ2) is 6.68. The molecule has 3 nitrogen and oxygen atoms in total. The minimum absolute atomic E-state index is 0.999. The zero-order chi connectivity index (χ0) is 17.4. The molecule has 0 saturated carbocycles. The summed E-state index contributed by atoms with van der Waals surface area (Å²) in [5.74, 6) is 1.14. The van der Waals surface area contributed by atoms with Gasteiger partial charge in [0.2, 0.25) is 0 Å². The molecule has 0 atom stereocenters. The number of rotatable bonds is 2. The predicted octanol–water partition coefficient (Wildman–Crippen LogP) is 5.67. The standard InChI is InChI=1S/C21H22BrN3/c1-14-10-15(2)12-16(11-14)20-19-8-3-4-9-23-21(19)25(24-20)18-7-5-6-17(22)13-18/h5-7,10-13,23H,3-4,8-9H2,1-2H3. The van der Waals surface area contributed by atoms with Crippen molar-refractivity contribution in [2.45, 2.75) is 33.1 Å². The van der Waals surface area contributed by atoms with Gasteiger partial charge in [-0.15, -0.1) is 0 Å². The summed E-state index contributed by atoms with van der Waals surface area (Å²) in [6, 6.07) is 15.0. The van der Waals surface area contributed by atoms with Crippen molar-refractivity contribution in [1.82, 2.24) is 9.78 Å². The van der Waals surface area contributed by atoms with Crippen LogP contribution in [0.4, 0.5) is 5.82 Å². The molecule has 128 valence electrons. The van der Waals surface area contributed by atoms with Crippen molar-refractivity contribution < 1.29 is 0 Å². The highest BCUT2D eigenvalue weighted by molar-refractivity contribution is 9.10. The Morgan fingerprint density at radius 2 is 1.84 bits per heavy atom. The molecular formula is C21H22BrN3. The van der Waals surface area contributed by atoms with Gasteiger partial charge in [-0.3, -0.25) is 0 Å². The van der Waals surface area contributed by atoms with Crippen molar-refractivity contribution in [2.24, 2.45) is 0 Å². The van der Waals surface area contributed by atoms with Crippen LogP contribution in [0, 0.1) is 13.8 Å². The van der Waals surface area contributed by atoms with E-state index in [9.17, 15) is 0 Å². The SMILES string of the molecule is Cc1cc(C)cc(-c2nn(-c3cccc(Br)c3)c3c2CCCCN3)c1. The molecule has 1 aliphatic rings. The average Bonchev–Trinajstić information content (AvgIpc) is 2.76. The van der Waals surface area contributed by atoms with Crippen molar-refractivity contribution in [3.05, 3.63) is 63.6 Å². The van der Waals surface area contributed by atoms with Gasteiger partial charge in [0.15, 0.2) is 0 Å². The molecule has 0 fully saturated rings. The predicted molar refractivity (Wildman–Crippen MR) is 108 cm³/mol. The Hall–Kier alpha value is -2.07. The fourth-order valence-electron chi connectivity index (χ4n) is 3.64. The van der Waals surface area contributed by atoms with Crippen LogP contribution in [0.5, 0.6) is 0 Å². The highest BCUT2D eigenvalue weighted by atomic mass is 79.9. The summed E-state index contributed by atoms with van der Waals surface area (Å²) in [5.41, 5.74) is 7.30. The number of halogens is 1. The summed E-state index contributed by atoms with van der Waals surface area (Å²) in [4.78, 5) is 0. The van der Waals surface area contributed by atoms with E-state index in [2.05, 4.69) is 76.2 Å². The molecular weight excluding hydrogens is 374 g/mol. The summed E-state index contributed by atoms with van der Waals surface area (Å²) in [6.07, 6.45) is 3.46. The lowest BCUT2D eigenvalue weighted by molar-refractivity contribution is 0.780. The molecule has 0 aliphatic carbocycles. The van der Waals surface area contributed by atoms with E-state index in [-0.39, 0.29) is 0 Å². The van der Waals surface area contributed by atoms with E-state index >= 15 is 0 Å².